The Balaban J connectivity index is 1.55. The Morgan fingerprint density at radius 2 is 1.83 bits per heavy atom. The zero-order valence-electron chi connectivity index (χ0n) is 14.8. The molecule has 0 aliphatic carbocycles. The maximum atomic E-state index is 10.3. The fourth-order valence-electron chi connectivity index (χ4n) is 3.96. The van der Waals surface area contributed by atoms with Gasteiger partial charge in [0.15, 0.2) is 0 Å². The van der Waals surface area contributed by atoms with Gasteiger partial charge >= 0.3 is 0 Å². The van der Waals surface area contributed by atoms with Gasteiger partial charge < -0.3 is 14.9 Å². The number of aliphatic hydroxyl groups is 1. The van der Waals surface area contributed by atoms with Crippen LogP contribution in [0.5, 0.6) is 0 Å². The van der Waals surface area contributed by atoms with Crippen LogP contribution >= 0.6 is 0 Å². The monoisotopic (exact) mass is 317 g/mol. The van der Waals surface area contributed by atoms with Gasteiger partial charge in [-0.3, -0.25) is 4.90 Å². The van der Waals surface area contributed by atoms with Gasteiger partial charge in [0.1, 0.15) is 0 Å². The van der Waals surface area contributed by atoms with Crippen LogP contribution in [-0.2, 0) is 0 Å². The summed E-state index contributed by atoms with van der Waals surface area (Å²) in [6.45, 7) is 11.9. The highest BCUT2D eigenvalue weighted by atomic mass is 16.3. The summed E-state index contributed by atoms with van der Waals surface area (Å²) >= 11 is 0. The minimum Gasteiger partial charge on any atom is -0.393 e. The summed E-state index contributed by atoms with van der Waals surface area (Å²) < 4.78 is 0. The molecule has 0 saturated carbocycles. The molecule has 4 nitrogen and oxygen atoms in total. The van der Waals surface area contributed by atoms with Crippen LogP contribution in [0.3, 0.4) is 0 Å². The highest BCUT2D eigenvalue weighted by Crippen LogP contribution is 2.24. The number of rotatable bonds is 3. The van der Waals surface area contributed by atoms with E-state index >= 15 is 0 Å². The van der Waals surface area contributed by atoms with Crippen molar-refractivity contribution in [2.75, 3.05) is 57.8 Å². The first kappa shape index (κ1) is 16.7. The molecule has 0 spiro atoms. The number of hydrogen-bond acceptors (Lipinski definition) is 4. The number of anilines is 1. The summed E-state index contributed by atoms with van der Waals surface area (Å²) in [6, 6.07) is 6.60. The number of aryl methyl sites for hydroxylation is 1. The molecule has 2 atom stereocenters. The van der Waals surface area contributed by atoms with Gasteiger partial charge in [-0.05, 0) is 44.5 Å². The number of piperidine rings is 1. The highest BCUT2D eigenvalue weighted by molar-refractivity contribution is 5.56. The van der Waals surface area contributed by atoms with Crippen LogP contribution in [0.1, 0.15) is 17.5 Å². The van der Waals surface area contributed by atoms with Gasteiger partial charge in [0.25, 0.3) is 0 Å². The van der Waals surface area contributed by atoms with Crippen LogP contribution < -0.4 is 4.90 Å². The number of aliphatic hydroxyl groups excluding tert-OH is 1. The van der Waals surface area contributed by atoms with Crippen LogP contribution in [0.15, 0.2) is 18.2 Å². The third kappa shape index (κ3) is 3.87. The van der Waals surface area contributed by atoms with Crippen molar-refractivity contribution >= 4 is 5.69 Å². The van der Waals surface area contributed by atoms with E-state index in [4.69, 9.17) is 0 Å². The molecular weight excluding hydrogens is 286 g/mol. The Kier molecular flexibility index (Phi) is 5.24. The summed E-state index contributed by atoms with van der Waals surface area (Å²) in [4.78, 5) is 7.40. The molecule has 2 saturated heterocycles. The molecule has 0 aromatic heterocycles. The van der Waals surface area contributed by atoms with E-state index in [-0.39, 0.29) is 6.10 Å². The van der Waals surface area contributed by atoms with Crippen molar-refractivity contribution < 1.29 is 5.11 Å². The molecule has 2 aliphatic heterocycles. The molecular formula is C19H31N3O. The molecule has 2 heterocycles. The van der Waals surface area contributed by atoms with Crippen molar-refractivity contribution in [2.24, 2.45) is 5.92 Å². The fraction of sp³-hybridized carbons (Fsp3) is 0.684. The number of nitrogens with zero attached hydrogens (tertiary/aromatic N) is 3. The first-order chi connectivity index (χ1) is 11.0. The number of piperazine rings is 1. The van der Waals surface area contributed by atoms with E-state index in [1.54, 1.807) is 0 Å². The number of likely N-dealkylation sites (tertiary alicyclic amines) is 1. The molecule has 128 valence electrons. The summed E-state index contributed by atoms with van der Waals surface area (Å²) in [5.74, 6) is 0.404. The fourth-order valence-corrected chi connectivity index (χ4v) is 3.96. The number of benzene rings is 1. The van der Waals surface area contributed by atoms with Crippen LogP contribution in [-0.4, -0.2) is 73.9 Å². The van der Waals surface area contributed by atoms with Crippen molar-refractivity contribution in [3.63, 3.8) is 0 Å². The second kappa shape index (κ2) is 7.20. The SMILES string of the molecule is Cc1cccc(N2CCN(C[C@@H]3CN(C)CC[C@H]3O)CC2)c1C. The van der Waals surface area contributed by atoms with E-state index in [2.05, 4.69) is 53.8 Å². The lowest BCUT2D eigenvalue weighted by molar-refractivity contribution is 0.0170. The van der Waals surface area contributed by atoms with Crippen molar-refractivity contribution in [2.45, 2.75) is 26.4 Å². The average Bonchev–Trinajstić information content (AvgIpc) is 2.54. The predicted octanol–water partition coefficient (Wildman–Crippen LogP) is 1.74. The van der Waals surface area contributed by atoms with Crippen LogP contribution in [0.2, 0.25) is 0 Å². The predicted molar refractivity (Wildman–Crippen MR) is 96.2 cm³/mol. The van der Waals surface area contributed by atoms with Crippen LogP contribution in [0.25, 0.3) is 0 Å². The molecule has 0 unspecified atom stereocenters. The highest BCUT2D eigenvalue weighted by Gasteiger charge is 2.29. The van der Waals surface area contributed by atoms with E-state index < -0.39 is 0 Å². The molecule has 4 heteroatoms. The normalized spacial score (nSPS) is 27.4. The average molecular weight is 317 g/mol. The maximum Gasteiger partial charge on any atom is 0.0605 e. The molecule has 1 aromatic carbocycles. The Morgan fingerprint density at radius 1 is 1.09 bits per heavy atom. The lowest BCUT2D eigenvalue weighted by Gasteiger charge is -2.41. The van der Waals surface area contributed by atoms with Crippen molar-refractivity contribution in [3.8, 4) is 0 Å². The maximum absolute atomic E-state index is 10.3. The third-order valence-corrected chi connectivity index (χ3v) is 5.68. The van der Waals surface area contributed by atoms with Crippen molar-refractivity contribution in [1.82, 2.24) is 9.80 Å². The van der Waals surface area contributed by atoms with Crippen LogP contribution in [0.4, 0.5) is 5.69 Å². The zero-order valence-corrected chi connectivity index (χ0v) is 14.8. The standard InChI is InChI=1S/C19H31N3O/c1-15-5-4-6-18(16(15)2)22-11-9-21(10-12-22)14-17-13-20(3)8-7-19(17)23/h4-6,17,19,23H,7-14H2,1-3H3/t17-,19+/m0/s1. The first-order valence-electron chi connectivity index (χ1n) is 8.94. The van der Waals surface area contributed by atoms with Crippen molar-refractivity contribution in [3.05, 3.63) is 29.3 Å². The summed E-state index contributed by atoms with van der Waals surface area (Å²) in [5.41, 5.74) is 4.17. The molecule has 23 heavy (non-hydrogen) atoms. The largest absolute Gasteiger partial charge is 0.393 e. The lowest BCUT2D eigenvalue weighted by Crippen LogP contribution is -2.52. The Morgan fingerprint density at radius 3 is 2.57 bits per heavy atom. The summed E-state index contributed by atoms with van der Waals surface area (Å²) in [5, 5.41) is 10.3. The minimum absolute atomic E-state index is 0.122. The van der Waals surface area contributed by atoms with E-state index in [9.17, 15) is 5.11 Å². The molecule has 0 radical (unpaired) electrons. The Bertz CT molecular complexity index is 525. The van der Waals surface area contributed by atoms with Gasteiger partial charge in [-0.25, -0.2) is 0 Å². The van der Waals surface area contributed by atoms with E-state index in [1.165, 1.54) is 16.8 Å². The molecule has 1 aromatic rings. The minimum atomic E-state index is -0.122. The molecule has 3 rings (SSSR count). The first-order valence-corrected chi connectivity index (χ1v) is 8.94. The van der Waals surface area contributed by atoms with Gasteiger partial charge in [0.2, 0.25) is 0 Å². The Labute approximate surface area is 140 Å². The smallest absolute Gasteiger partial charge is 0.0605 e. The topological polar surface area (TPSA) is 30.0 Å². The quantitative estimate of drug-likeness (QED) is 0.920. The second-order valence-corrected chi connectivity index (χ2v) is 7.39. The molecule has 2 aliphatic rings. The lowest BCUT2D eigenvalue weighted by atomic mass is 9.94. The van der Waals surface area contributed by atoms with Gasteiger partial charge in [-0.15, -0.1) is 0 Å². The third-order valence-electron chi connectivity index (χ3n) is 5.68. The van der Waals surface area contributed by atoms with Crippen molar-refractivity contribution in [1.29, 1.82) is 0 Å². The van der Waals surface area contributed by atoms with Gasteiger partial charge in [0, 0.05) is 57.4 Å². The molecule has 0 amide bonds. The zero-order chi connectivity index (χ0) is 16.4. The van der Waals surface area contributed by atoms with E-state index in [1.807, 2.05) is 0 Å². The summed E-state index contributed by atoms with van der Waals surface area (Å²) in [7, 11) is 2.16. The second-order valence-electron chi connectivity index (χ2n) is 7.39. The van der Waals surface area contributed by atoms with Crippen LogP contribution in [0, 0.1) is 19.8 Å². The number of hydrogen-bond donors (Lipinski definition) is 1. The molecule has 1 N–H and O–H groups in total. The molecule has 0 bridgehead atoms. The van der Waals surface area contributed by atoms with Gasteiger partial charge in [-0.2, -0.15) is 0 Å². The van der Waals surface area contributed by atoms with Gasteiger partial charge in [-0.1, -0.05) is 12.1 Å². The van der Waals surface area contributed by atoms with E-state index in [0.29, 0.717) is 5.92 Å². The van der Waals surface area contributed by atoms with Gasteiger partial charge in [0.05, 0.1) is 6.10 Å². The van der Waals surface area contributed by atoms with E-state index in [0.717, 1.165) is 52.2 Å². The molecule has 2 fully saturated rings. The summed E-state index contributed by atoms with van der Waals surface area (Å²) in [6.07, 6.45) is 0.798. The Hall–Kier alpha value is -1.10.